The summed E-state index contributed by atoms with van der Waals surface area (Å²) in [4.78, 5) is 8.73. The number of aromatic nitrogens is 3. The number of hydrogen-bond donors (Lipinski definition) is 1. The number of hydrogen-bond acceptors (Lipinski definition) is 3. The molecule has 0 saturated heterocycles. The number of halogens is 1. The lowest BCUT2D eigenvalue weighted by molar-refractivity contribution is 0.439. The molecule has 0 aliphatic carbocycles. The summed E-state index contributed by atoms with van der Waals surface area (Å²) in [5.41, 5.74) is 0.865. The molecule has 4 nitrogen and oxygen atoms in total. The fraction of sp³-hybridized carbons (Fsp3) is 0.500. The van der Waals surface area contributed by atoms with Crippen LogP contribution in [0.5, 0.6) is 0 Å². The van der Waals surface area contributed by atoms with Gasteiger partial charge in [0, 0.05) is 25.1 Å². The third-order valence-electron chi connectivity index (χ3n) is 3.07. The largest absolute Gasteiger partial charge is 0.367 e. The maximum atomic E-state index is 4.43. The van der Waals surface area contributed by atoms with Crippen LogP contribution in [0, 0.1) is 11.8 Å². The van der Waals surface area contributed by atoms with Gasteiger partial charge in [0.25, 0.3) is 0 Å². The molecule has 1 N–H and O–H groups in total. The van der Waals surface area contributed by atoms with Crippen molar-refractivity contribution in [3.05, 3.63) is 23.2 Å². The average molecular weight is 297 g/mol. The molecule has 0 amide bonds. The maximum absolute atomic E-state index is 4.43. The van der Waals surface area contributed by atoms with Crippen LogP contribution in [0.1, 0.15) is 20.8 Å². The first-order chi connectivity index (χ1) is 8.08. The van der Waals surface area contributed by atoms with E-state index in [-0.39, 0.29) is 0 Å². The summed E-state index contributed by atoms with van der Waals surface area (Å²) in [5, 5.41) is 3.37. The molecule has 2 aromatic heterocycles. The minimum absolute atomic E-state index is 0.603. The van der Waals surface area contributed by atoms with Gasteiger partial charge in [0.2, 0.25) is 0 Å². The van der Waals surface area contributed by atoms with Gasteiger partial charge < -0.3 is 9.72 Å². The van der Waals surface area contributed by atoms with Gasteiger partial charge in [-0.1, -0.05) is 20.8 Å². The maximum Gasteiger partial charge on any atom is 0.180 e. The lowest BCUT2D eigenvalue weighted by Crippen LogP contribution is -2.17. The SMILES string of the molecule is CC(C)C(C)CNc1nc(Br)cn2ccnc12. The summed E-state index contributed by atoms with van der Waals surface area (Å²) in [7, 11) is 0. The van der Waals surface area contributed by atoms with Crippen LogP contribution in [-0.2, 0) is 0 Å². The van der Waals surface area contributed by atoms with Crippen molar-refractivity contribution in [2.24, 2.45) is 11.8 Å². The first kappa shape index (κ1) is 12.4. The van der Waals surface area contributed by atoms with E-state index in [9.17, 15) is 0 Å². The molecule has 92 valence electrons. The first-order valence-corrected chi connectivity index (χ1v) is 6.60. The molecule has 0 radical (unpaired) electrons. The molecule has 17 heavy (non-hydrogen) atoms. The van der Waals surface area contributed by atoms with E-state index in [0.29, 0.717) is 11.8 Å². The predicted octanol–water partition coefficient (Wildman–Crippen LogP) is 3.20. The van der Waals surface area contributed by atoms with Crippen molar-refractivity contribution in [2.75, 3.05) is 11.9 Å². The van der Waals surface area contributed by atoms with Crippen LogP contribution < -0.4 is 5.32 Å². The van der Waals surface area contributed by atoms with Crippen LogP contribution in [0.15, 0.2) is 23.2 Å². The minimum atomic E-state index is 0.603. The van der Waals surface area contributed by atoms with Crippen LogP contribution in [-0.4, -0.2) is 20.9 Å². The Morgan fingerprint density at radius 2 is 2.18 bits per heavy atom. The summed E-state index contributed by atoms with van der Waals surface area (Å²) in [6.45, 7) is 7.60. The number of nitrogens with one attached hydrogen (secondary N) is 1. The van der Waals surface area contributed by atoms with Crippen LogP contribution in [0.25, 0.3) is 5.65 Å². The van der Waals surface area contributed by atoms with Gasteiger partial charge in [-0.05, 0) is 27.8 Å². The lowest BCUT2D eigenvalue weighted by atomic mass is 9.98. The molecule has 0 saturated carbocycles. The van der Waals surface area contributed by atoms with E-state index in [1.807, 2.05) is 16.8 Å². The monoisotopic (exact) mass is 296 g/mol. The van der Waals surface area contributed by atoms with Gasteiger partial charge in [-0.15, -0.1) is 0 Å². The van der Waals surface area contributed by atoms with E-state index in [0.717, 1.165) is 22.6 Å². The van der Waals surface area contributed by atoms with Crippen molar-refractivity contribution in [2.45, 2.75) is 20.8 Å². The normalized spacial score (nSPS) is 13.2. The molecule has 0 aromatic carbocycles. The van der Waals surface area contributed by atoms with Crippen molar-refractivity contribution in [1.82, 2.24) is 14.4 Å². The van der Waals surface area contributed by atoms with Crippen molar-refractivity contribution in [1.29, 1.82) is 0 Å². The van der Waals surface area contributed by atoms with Gasteiger partial charge in [0.1, 0.15) is 4.60 Å². The van der Waals surface area contributed by atoms with E-state index < -0.39 is 0 Å². The molecule has 0 aliphatic rings. The van der Waals surface area contributed by atoms with E-state index in [1.54, 1.807) is 6.20 Å². The zero-order valence-corrected chi connectivity index (χ0v) is 11.9. The summed E-state index contributed by atoms with van der Waals surface area (Å²) < 4.78 is 2.77. The fourth-order valence-corrected chi connectivity index (χ4v) is 1.91. The van der Waals surface area contributed by atoms with E-state index in [4.69, 9.17) is 0 Å². The zero-order valence-electron chi connectivity index (χ0n) is 10.3. The quantitative estimate of drug-likeness (QED) is 0.942. The highest BCUT2D eigenvalue weighted by Gasteiger charge is 2.10. The Morgan fingerprint density at radius 3 is 2.88 bits per heavy atom. The van der Waals surface area contributed by atoms with E-state index >= 15 is 0 Å². The molecule has 0 spiro atoms. The highest BCUT2D eigenvalue weighted by Crippen LogP contribution is 2.18. The van der Waals surface area contributed by atoms with Crippen molar-refractivity contribution >= 4 is 27.4 Å². The van der Waals surface area contributed by atoms with Crippen molar-refractivity contribution in [3.8, 4) is 0 Å². The molecule has 2 heterocycles. The summed E-state index contributed by atoms with van der Waals surface area (Å²) in [6.07, 6.45) is 5.60. The highest BCUT2D eigenvalue weighted by atomic mass is 79.9. The first-order valence-electron chi connectivity index (χ1n) is 5.81. The Balaban J connectivity index is 2.20. The Bertz CT molecular complexity index is 506. The standard InChI is InChI=1S/C12H17BrN4/c1-8(2)9(3)6-15-11-12-14-4-5-17(12)7-10(13)16-11/h4-5,7-9H,6H2,1-3H3,(H,15,16). The third kappa shape index (κ3) is 2.77. The van der Waals surface area contributed by atoms with Gasteiger partial charge in [0.05, 0.1) is 0 Å². The summed E-state index contributed by atoms with van der Waals surface area (Å²) in [5.74, 6) is 2.09. The molecule has 1 unspecified atom stereocenters. The van der Waals surface area contributed by atoms with Crippen LogP contribution in [0.4, 0.5) is 5.82 Å². The van der Waals surface area contributed by atoms with Crippen molar-refractivity contribution < 1.29 is 0 Å². The van der Waals surface area contributed by atoms with E-state index in [2.05, 4.69) is 52.0 Å². The zero-order chi connectivity index (χ0) is 12.4. The van der Waals surface area contributed by atoms with Gasteiger partial charge in [-0.2, -0.15) is 0 Å². The molecular weight excluding hydrogens is 280 g/mol. The third-order valence-corrected chi connectivity index (χ3v) is 3.46. The number of fused-ring (bicyclic) bond motifs is 1. The molecular formula is C12H17BrN4. The van der Waals surface area contributed by atoms with Crippen LogP contribution >= 0.6 is 15.9 Å². The summed E-state index contributed by atoms with van der Waals surface area (Å²) >= 11 is 3.40. The molecule has 0 aliphatic heterocycles. The second-order valence-electron chi connectivity index (χ2n) is 4.67. The van der Waals surface area contributed by atoms with Gasteiger partial charge in [-0.3, -0.25) is 0 Å². The molecule has 5 heteroatoms. The molecule has 0 fully saturated rings. The van der Waals surface area contributed by atoms with Crippen molar-refractivity contribution in [3.63, 3.8) is 0 Å². The molecule has 1 atom stereocenters. The summed E-state index contributed by atoms with van der Waals surface area (Å²) in [6, 6.07) is 0. The fourth-order valence-electron chi connectivity index (χ4n) is 1.51. The smallest absolute Gasteiger partial charge is 0.180 e. The second-order valence-corrected chi connectivity index (χ2v) is 5.49. The topological polar surface area (TPSA) is 42.2 Å². The minimum Gasteiger partial charge on any atom is -0.367 e. The Kier molecular flexibility index (Phi) is 3.66. The van der Waals surface area contributed by atoms with Crippen LogP contribution in [0.3, 0.4) is 0 Å². The Hall–Kier alpha value is -1.10. The number of imidazole rings is 1. The Morgan fingerprint density at radius 1 is 1.41 bits per heavy atom. The van der Waals surface area contributed by atoms with E-state index in [1.165, 1.54) is 0 Å². The van der Waals surface area contributed by atoms with Gasteiger partial charge in [-0.25, -0.2) is 9.97 Å². The lowest BCUT2D eigenvalue weighted by Gasteiger charge is -2.16. The highest BCUT2D eigenvalue weighted by molar-refractivity contribution is 9.10. The van der Waals surface area contributed by atoms with Crippen LogP contribution in [0.2, 0.25) is 0 Å². The average Bonchev–Trinajstić information content (AvgIpc) is 2.72. The van der Waals surface area contributed by atoms with Gasteiger partial charge in [0.15, 0.2) is 11.5 Å². The number of anilines is 1. The van der Waals surface area contributed by atoms with Gasteiger partial charge >= 0.3 is 0 Å². The predicted molar refractivity (Wildman–Crippen MR) is 73.2 cm³/mol. The number of nitrogens with zero attached hydrogens (tertiary/aromatic N) is 3. The number of rotatable bonds is 4. The Labute approximate surface area is 110 Å². The molecule has 2 aromatic rings. The molecule has 0 bridgehead atoms. The second kappa shape index (κ2) is 5.04. The molecule has 2 rings (SSSR count).